The molecule has 0 aliphatic rings. The maximum absolute atomic E-state index is 11.1. The van der Waals surface area contributed by atoms with Crippen molar-refractivity contribution in [1.82, 2.24) is 9.78 Å². The molecule has 0 amide bonds. The molecule has 0 spiro atoms. The van der Waals surface area contributed by atoms with Crippen molar-refractivity contribution in [2.24, 2.45) is 0 Å². The van der Waals surface area contributed by atoms with Crippen LogP contribution in [0, 0.1) is 0 Å². The SMILES string of the molecule is CCn1nc(CCc2ccccc2)c(N)c1C(=O)O. The molecule has 0 saturated carbocycles. The largest absolute Gasteiger partial charge is 0.476 e. The average molecular weight is 259 g/mol. The van der Waals surface area contributed by atoms with E-state index in [4.69, 9.17) is 10.8 Å². The average Bonchev–Trinajstić information content (AvgIpc) is 2.74. The lowest BCUT2D eigenvalue weighted by Crippen LogP contribution is -2.10. The summed E-state index contributed by atoms with van der Waals surface area (Å²) in [6.45, 7) is 2.34. The maximum Gasteiger partial charge on any atom is 0.356 e. The fraction of sp³-hybridized carbons (Fsp3) is 0.286. The first kappa shape index (κ1) is 13.1. The summed E-state index contributed by atoms with van der Waals surface area (Å²) in [7, 11) is 0. The van der Waals surface area contributed by atoms with Gasteiger partial charge in [0.05, 0.1) is 11.4 Å². The van der Waals surface area contributed by atoms with Crippen LogP contribution in [0.1, 0.15) is 28.7 Å². The lowest BCUT2D eigenvalue weighted by atomic mass is 10.1. The lowest BCUT2D eigenvalue weighted by molar-refractivity contribution is 0.0684. The van der Waals surface area contributed by atoms with Gasteiger partial charge in [0.2, 0.25) is 0 Å². The Kier molecular flexibility index (Phi) is 3.85. The molecule has 0 radical (unpaired) electrons. The van der Waals surface area contributed by atoms with Crippen LogP contribution in [0.15, 0.2) is 30.3 Å². The smallest absolute Gasteiger partial charge is 0.356 e. The quantitative estimate of drug-likeness (QED) is 0.860. The van der Waals surface area contributed by atoms with Gasteiger partial charge in [0.1, 0.15) is 0 Å². The molecule has 3 N–H and O–H groups in total. The van der Waals surface area contributed by atoms with E-state index in [0.29, 0.717) is 18.7 Å². The molecule has 0 fully saturated rings. The monoisotopic (exact) mass is 259 g/mol. The number of rotatable bonds is 5. The number of aromatic nitrogens is 2. The van der Waals surface area contributed by atoms with Gasteiger partial charge in [-0.25, -0.2) is 4.79 Å². The van der Waals surface area contributed by atoms with Crippen LogP contribution < -0.4 is 5.73 Å². The van der Waals surface area contributed by atoms with Crippen molar-refractivity contribution in [3.63, 3.8) is 0 Å². The van der Waals surface area contributed by atoms with Crippen LogP contribution in [0.3, 0.4) is 0 Å². The molecule has 2 aromatic rings. The van der Waals surface area contributed by atoms with Gasteiger partial charge in [-0.1, -0.05) is 30.3 Å². The van der Waals surface area contributed by atoms with Crippen LogP contribution in [0.5, 0.6) is 0 Å². The van der Waals surface area contributed by atoms with Crippen LogP contribution in [-0.2, 0) is 19.4 Å². The summed E-state index contributed by atoms with van der Waals surface area (Å²) >= 11 is 0. The number of hydrogen-bond acceptors (Lipinski definition) is 3. The maximum atomic E-state index is 11.1. The van der Waals surface area contributed by atoms with Gasteiger partial charge in [-0.15, -0.1) is 0 Å². The molecule has 1 heterocycles. The molecule has 100 valence electrons. The minimum absolute atomic E-state index is 0.0885. The molecule has 5 nitrogen and oxygen atoms in total. The summed E-state index contributed by atoms with van der Waals surface area (Å²) in [6.07, 6.45) is 1.44. The second-order valence-corrected chi connectivity index (χ2v) is 4.32. The summed E-state index contributed by atoms with van der Waals surface area (Å²) in [5.74, 6) is -1.03. The molecule has 0 saturated heterocycles. The van der Waals surface area contributed by atoms with E-state index in [1.807, 2.05) is 37.3 Å². The lowest BCUT2D eigenvalue weighted by Gasteiger charge is -1.99. The highest BCUT2D eigenvalue weighted by atomic mass is 16.4. The predicted molar refractivity (Wildman–Crippen MR) is 73.1 cm³/mol. The Morgan fingerprint density at radius 3 is 2.53 bits per heavy atom. The topological polar surface area (TPSA) is 81.1 Å². The van der Waals surface area contributed by atoms with Crippen LogP contribution in [-0.4, -0.2) is 20.9 Å². The third-order valence-corrected chi connectivity index (χ3v) is 3.06. The third-order valence-electron chi connectivity index (χ3n) is 3.06. The van der Waals surface area contributed by atoms with Crippen LogP contribution >= 0.6 is 0 Å². The summed E-state index contributed by atoms with van der Waals surface area (Å²) < 4.78 is 1.44. The summed E-state index contributed by atoms with van der Waals surface area (Å²) in [6, 6.07) is 9.99. The number of carboxylic acid groups (broad SMARTS) is 1. The molecule has 19 heavy (non-hydrogen) atoms. The Balaban J connectivity index is 2.19. The molecule has 2 rings (SSSR count). The van der Waals surface area contributed by atoms with Crippen LogP contribution in [0.2, 0.25) is 0 Å². The minimum Gasteiger partial charge on any atom is -0.476 e. The highest BCUT2D eigenvalue weighted by Gasteiger charge is 2.19. The molecular formula is C14H17N3O2. The van der Waals surface area contributed by atoms with Crippen molar-refractivity contribution < 1.29 is 9.90 Å². The highest BCUT2D eigenvalue weighted by molar-refractivity contribution is 5.92. The van der Waals surface area contributed by atoms with Crippen LogP contribution in [0.25, 0.3) is 0 Å². The number of carboxylic acids is 1. The molecule has 0 aliphatic heterocycles. The van der Waals surface area contributed by atoms with Crippen molar-refractivity contribution >= 4 is 11.7 Å². The number of nitrogens with two attached hydrogens (primary N) is 1. The standard InChI is InChI=1S/C14H17N3O2/c1-2-17-13(14(18)19)12(15)11(16-17)9-8-10-6-4-3-5-7-10/h3-7H,2,8-9,15H2,1H3,(H,18,19). The van der Waals surface area contributed by atoms with E-state index in [1.54, 1.807) is 0 Å². The zero-order valence-electron chi connectivity index (χ0n) is 10.8. The zero-order chi connectivity index (χ0) is 13.8. The molecule has 1 aromatic carbocycles. The minimum atomic E-state index is -1.03. The molecular weight excluding hydrogens is 242 g/mol. The van der Waals surface area contributed by atoms with E-state index < -0.39 is 5.97 Å². The van der Waals surface area contributed by atoms with E-state index >= 15 is 0 Å². The molecule has 0 bridgehead atoms. The van der Waals surface area contributed by atoms with Crippen molar-refractivity contribution in [3.8, 4) is 0 Å². The van der Waals surface area contributed by atoms with Crippen molar-refractivity contribution in [2.45, 2.75) is 26.3 Å². The number of anilines is 1. The summed E-state index contributed by atoms with van der Waals surface area (Å²) in [5.41, 5.74) is 8.09. The predicted octanol–water partition coefficient (Wildman–Crippen LogP) is 1.97. The van der Waals surface area contributed by atoms with E-state index in [0.717, 1.165) is 6.42 Å². The number of aryl methyl sites for hydroxylation is 3. The Bertz CT molecular complexity index is 576. The number of carbonyl (C=O) groups is 1. The van der Waals surface area contributed by atoms with E-state index in [1.165, 1.54) is 10.2 Å². The van der Waals surface area contributed by atoms with Gasteiger partial charge >= 0.3 is 5.97 Å². The van der Waals surface area contributed by atoms with Gasteiger partial charge < -0.3 is 10.8 Å². The van der Waals surface area contributed by atoms with Crippen molar-refractivity contribution in [3.05, 3.63) is 47.3 Å². The third kappa shape index (κ3) is 2.76. The van der Waals surface area contributed by atoms with E-state index in [-0.39, 0.29) is 11.4 Å². The molecule has 0 aliphatic carbocycles. The number of aromatic carboxylic acids is 1. The number of hydrogen-bond donors (Lipinski definition) is 2. The van der Waals surface area contributed by atoms with Crippen molar-refractivity contribution in [2.75, 3.05) is 5.73 Å². The Morgan fingerprint density at radius 2 is 2.00 bits per heavy atom. The zero-order valence-corrected chi connectivity index (χ0v) is 10.8. The fourth-order valence-electron chi connectivity index (χ4n) is 2.07. The Labute approximate surface area is 111 Å². The van der Waals surface area contributed by atoms with E-state index in [9.17, 15) is 4.79 Å². The van der Waals surface area contributed by atoms with Gasteiger partial charge in [-0.3, -0.25) is 4.68 Å². The summed E-state index contributed by atoms with van der Waals surface area (Å²) in [4.78, 5) is 11.1. The van der Waals surface area contributed by atoms with Gasteiger partial charge in [0, 0.05) is 6.54 Å². The van der Waals surface area contributed by atoms with Gasteiger partial charge in [0.25, 0.3) is 0 Å². The first-order valence-electron chi connectivity index (χ1n) is 6.25. The van der Waals surface area contributed by atoms with Crippen LogP contribution in [0.4, 0.5) is 5.69 Å². The summed E-state index contributed by atoms with van der Waals surface area (Å²) in [5, 5.41) is 13.4. The van der Waals surface area contributed by atoms with Crippen molar-refractivity contribution in [1.29, 1.82) is 0 Å². The van der Waals surface area contributed by atoms with E-state index in [2.05, 4.69) is 5.10 Å². The first-order chi connectivity index (χ1) is 9.13. The Morgan fingerprint density at radius 1 is 1.32 bits per heavy atom. The fourth-order valence-corrected chi connectivity index (χ4v) is 2.07. The molecule has 0 unspecified atom stereocenters. The van der Waals surface area contributed by atoms with Gasteiger partial charge in [0.15, 0.2) is 5.69 Å². The highest BCUT2D eigenvalue weighted by Crippen LogP contribution is 2.19. The second kappa shape index (κ2) is 5.56. The van der Waals surface area contributed by atoms with Gasteiger partial charge in [-0.05, 0) is 25.3 Å². The number of nitrogen functional groups attached to an aromatic ring is 1. The van der Waals surface area contributed by atoms with Gasteiger partial charge in [-0.2, -0.15) is 5.10 Å². The molecule has 5 heteroatoms. The second-order valence-electron chi connectivity index (χ2n) is 4.32. The number of benzene rings is 1. The first-order valence-corrected chi connectivity index (χ1v) is 6.25. The molecule has 1 aromatic heterocycles. The Hall–Kier alpha value is -2.30. The number of nitrogens with zero attached hydrogens (tertiary/aromatic N) is 2. The normalized spacial score (nSPS) is 10.6. The molecule has 0 atom stereocenters.